The van der Waals surface area contributed by atoms with Gasteiger partial charge in [0.2, 0.25) is 0 Å². The second-order valence-corrected chi connectivity index (χ2v) is 4.89. The van der Waals surface area contributed by atoms with Gasteiger partial charge in [-0.15, -0.1) is 0 Å². The van der Waals surface area contributed by atoms with E-state index >= 15 is 0 Å². The Labute approximate surface area is 111 Å². The molecule has 0 nitrogen and oxygen atoms in total. The van der Waals surface area contributed by atoms with Crippen molar-refractivity contribution in [3.8, 4) is 11.1 Å². The van der Waals surface area contributed by atoms with Crippen molar-refractivity contribution >= 4 is 22.6 Å². The van der Waals surface area contributed by atoms with Crippen LogP contribution in [0, 0.1) is 27.9 Å². The average molecular weight is 348 g/mol. The Morgan fingerprint density at radius 3 is 2.06 bits per heavy atom. The van der Waals surface area contributed by atoms with E-state index in [0.717, 1.165) is 0 Å². The largest absolute Gasteiger partial charge is 0.207 e. The molecule has 0 unspecified atom stereocenters. The standard InChI is InChI=1S/C13H8F3I/c1-7-4-10(15)13(11(16)5-7)9-3-2-8(14)6-12(9)17/h2-6H,1H3. The van der Waals surface area contributed by atoms with E-state index in [0.29, 0.717) is 14.7 Å². The fraction of sp³-hybridized carbons (Fsp3) is 0.0769. The number of hydrogen-bond acceptors (Lipinski definition) is 0. The van der Waals surface area contributed by atoms with E-state index in [-0.39, 0.29) is 5.56 Å². The smallest absolute Gasteiger partial charge is 0.134 e. The molecular weight excluding hydrogens is 340 g/mol. The highest BCUT2D eigenvalue weighted by Crippen LogP contribution is 2.31. The van der Waals surface area contributed by atoms with Gasteiger partial charge in [0, 0.05) is 9.13 Å². The summed E-state index contributed by atoms with van der Waals surface area (Å²) in [6.07, 6.45) is 0. The van der Waals surface area contributed by atoms with E-state index in [1.807, 2.05) is 22.6 Å². The summed E-state index contributed by atoms with van der Waals surface area (Å²) in [5, 5.41) is 0. The summed E-state index contributed by atoms with van der Waals surface area (Å²) >= 11 is 1.86. The van der Waals surface area contributed by atoms with Gasteiger partial charge in [-0.05, 0) is 59.3 Å². The summed E-state index contributed by atoms with van der Waals surface area (Å²) < 4.78 is 40.9. The maximum Gasteiger partial charge on any atom is 0.134 e. The van der Waals surface area contributed by atoms with Crippen LogP contribution in [0.4, 0.5) is 13.2 Å². The van der Waals surface area contributed by atoms with E-state index in [1.165, 1.54) is 30.3 Å². The van der Waals surface area contributed by atoms with Crippen molar-refractivity contribution in [2.75, 3.05) is 0 Å². The molecule has 88 valence electrons. The molecule has 0 aliphatic heterocycles. The molecule has 0 aliphatic rings. The second kappa shape index (κ2) is 4.68. The molecule has 0 fully saturated rings. The molecular formula is C13H8F3I. The van der Waals surface area contributed by atoms with Crippen LogP contribution in [0.25, 0.3) is 11.1 Å². The molecule has 0 amide bonds. The molecule has 2 rings (SSSR count). The fourth-order valence-corrected chi connectivity index (χ4v) is 2.40. The van der Waals surface area contributed by atoms with Crippen LogP contribution < -0.4 is 0 Å². The van der Waals surface area contributed by atoms with Gasteiger partial charge in [-0.25, -0.2) is 13.2 Å². The molecule has 0 aliphatic carbocycles. The highest BCUT2D eigenvalue weighted by atomic mass is 127. The molecule has 4 heteroatoms. The molecule has 2 aromatic rings. The van der Waals surface area contributed by atoms with Gasteiger partial charge in [0.1, 0.15) is 17.5 Å². The minimum absolute atomic E-state index is 0.111. The molecule has 0 aromatic heterocycles. The molecule has 0 heterocycles. The van der Waals surface area contributed by atoms with Crippen LogP contribution in [-0.2, 0) is 0 Å². The number of aryl methyl sites for hydroxylation is 1. The molecule has 0 spiro atoms. The van der Waals surface area contributed by atoms with Crippen molar-refractivity contribution in [1.82, 2.24) is 0 Å². The van der Waals surface area contributed by atoms with Crippen LogP contribution in [0.15, 0.2) is 30.3 Å². The maximum absolute atomic E-state index is 13.7. The molecule has 0 saturated carbocycles. The second-order valence-electron chi connectivity index (χ2n) is 3.73. The van der Waals surface area contributed by atoms with Gasteiger partial charge < -0.3 is 0 Å². The summed E-state index contributed by atoms with van der Waals surface area (Å²) in [5.74, 6) is -1.69. The van der Waals surface area contributed by atoms with E-state index in [2.05, 4.69) is 0 Å². The minimum atomic E-state index is -0.632. The Hall–Kier alpha value is -1.04. The van der Waals surface area contributed by atoms with Gasteiger partial charge in [-0.3, -0.25) is 0 Å². The summed E-state index contributed by atoms with van der Waals surface area (Å²) in [5.41, 5.74) is 0.767. The van der Waals surface area contributed by atoms with Gasteiger partial charge in [-0.1, -0.05) is 6.07 Å². The van der Waals surface area contributed by atoms with Gasteiger partial charge in [0.25, 0.3) is 0 Å². The molecule has 17 heavy (non-hydrogen) atoms. The van der Waals surface area contributed by atoms with E-state index in [4.69, 9.17) is 0 Å². The third kappa shape index (κ3) is 2.46. The van der Waals surface area contributed by atoms with Crippen molar-refractivity contribution in [2.24, 2.45) is 0 Å². The third-order valence-electron chi connectivity index (χ3n) is 2.39. The molecule has 0 N–H and O–H groups in total. The molecule has 2 aromatic carbocycles. The van der Waals surface area contributed by atoms with Crippen LogP contribution in [0.3, 0.4) is 0 Å². The lowest BCUT2D eigenvalue weighted by Gasteiger charge is -2.08. The topological polar surface area (TPSA) is 0 Å². The highest BCUT2D eigenvalue weighted by Gasteiger charge is 2.15. The summed E-state index contributed by atoms with van der Waals surface area (Å²) in [6, 6.07) is 6.34. The zero-order valence-corrected chi connectivity index (χ0v) is 11.1. The Balaban J connectivity index is 2.68. The zero-order valence-electron chi connectivity index (χ0n) is 8.90. The highest BCUT2D eigenvalue weighted by molar-refractivity contribution is 14.1. The van der Waals surface area contributed by atoms with Gasteiger partial charge in [-0.2, -0.15) is 0 Å². The third-order valence-corrected chi connectivity index (χ3v) is 3.28. The Kier molecular flexibility index (Phi) is 3.42. The molecule has 0 radical (unpaired) electrons. The van der Waals surface area contributed by atoms with E-state index in [9.17, 15) is 13.2 Å². The first kappa shape index (κ1) is 12.4. The lowest BCUT2D eigenvalue weighted by molar-refractivity contribution is 0.587. The Morgan fingerprint density at radius 1 is 0.941 bits per heavy atom. The van der Waals surface area contributed by atoms with Crippen molar-refractivity contribution in [3.05, 3.63) is 56.9 Å². The molecule has 0 atom stereocenters. The SMILES string of the molecule is Cc1cc(F)c(-c2ccc(F)cc2I)c(F)c1. The first-order valence-electron chi connectivity index (χ1n) is 4.90. The number of halogens is 4. The van der Waals surface area contributed by atoms with Crippen LogP contribution >= 0.6 is 22.6 Å². The van der Waals surface area contributed by atoms with Gasteiger partial charge in [0.15, 0.2) is 0 Å². The fourth-order valence-electron chi connectivity index (χ4n) is 1.65. The maximum atomic E-state index is 13.7. The Bertz CT molecular complexity index is 556. The lowest BCUT2D eigenvalue weighted by atomic mass is 10.0. The minimum Gasteiger partial charge on any atom is -0.207 e. The number of hydrogen-bond donors (Lipinski definition) is 0. The van der Waals surface area contributed by atoms with Gasteiger partial charge in [0.05, 0.1) is 5.56 Å². The predicted octanol–water partition coefficient (Wildman–Crippen LogP) is 4.68. The summed E-state index contributed by atoms with van der Waals surface area (Å²) in [6.45, 7) is 1.62. The first-order valence-corrected chi connectivity index (χ1v) is 5.98. The summed E-state index contributed by atoms with van der Waals surface area (Å²) in [4.78, 5) is 0. The van der Waals surface area contributed by atoms with E-state index in [1.54, 1.807) is 6.92 Å². The quantitative estimate of drug-likeness (QED) is 0.657. The van der Waals surface area contributed by atoms with Crippen molar-refractivity contribution in [2.45, 2.75) is 6.92 Å². The lowest BCUT2D eigenvalue weighted by Crippen LogP contribution is -1.94. The van der Waals surface area contributed by atoms with Crippen LogP contribution in [0.2, 0.25) is 0 Å². The van der Waals surface area contributed by atoms with Crippen molar-refractivity contribution in [1.29, 1.82) is 0 Å². The predicted molar refractivity (Wildman–Crippen MR) is 69.2 cm³/mol. The normalized spacial score (nSPS) is 10.6. The monoisotopic (exact) mass is 348 g/mol. The van der Waals surface area contributed by atoms with Crippen molar-refractivity contribution < 1.29 is 13.2 Å². The molecule has 0 saturated heterocycles. The Morgan fingerprint density at radius 2 is 1.53 bits per heavy atom. The van der Waals surface area contributed by atoms with Crippen molar-refractivity contribution in [3.63, 3.8) is 0 Å². The average Bonchev–Trinajstić information content (AvgIpc) is 2.19. The van der Waals surface area contributed by atoms with Gasteiger partial charge >= 0.3 is 0 Å². The first-order chi connectivity index (χ1) is 7.99. The summed E-state index contributed by atoms with van der Waals surface area (Å²) in [7, 11) is 0. The molecule has 0 bridgehead atoms. The van der Waals surface area contributed by atoms with E-state index < -0.39 is 17.5 Å². The van der Waals surface area contributed by atoms with Crippen LogP contribution in [0.1, 0.15) is 5.56 Å². The zero-order chi connectivity index (χ0) is 12.6. The van der Waals surface area contributed by atoms with Crippen LogP contribution in [-0.4, -0.2) is 0 Å². The van der Waals surface area contributed by atoms with Crippen LogP contribution in [0.5, 0.6) is 0 Å². The number of benzene rings is 2. The number of rotatable bonds is 1.